The van der Waals surface area contributed by atoms with Crippen molar-refractivity contribution in [2.45, 2.75) is 6.42 Å². The highest BCUT2D eigenvalue weighted by atomic mass is 16.5. The van der Waals surface area contributed by atoms with Gasteiger partial charge in [0.1, 0.15) is 0 Å². The lowest BCUT2D eigenvalue weighted by atomic mass is 10.2. The summed E-state index contributed by atoms with van der Waals surface area (Å²) >= 11 is 0. The largest absolute Gasteiger partial charge is 0.504 e. The first kappa shape index (κ1) is 12.3. The van der Waals surface area contributed by atoms with Crippen LogP contribution in [0.5, 0.6) is 11.5 Å². The summed E-state index contributed by atoms with van der Waals surface area (Å²) in [6.07, 6.45) is 0.730. The number of methoxy groups -OCH3 is 1. The van der Waals surface area contributed by atoms with Gasteiger partial charge < -0.3 is 20.9 Å². The Labute approximate surface area is 94.2 Å². The van der Waals surface area contributed by atoms with Crippen LogP contribution in [0.2, 0.25) is 0 Å². The molecule has 0 saturated carbocycles. The smallest absolute Gasteiger partial charge is 0.251 e. The molecular weight excluding hydrogens is 208 g/mol. The molecule has 5 heteroatoms. The molecule has 0 radical (unpaired) electrons. The average molecular weight is 224 g/mol. The number of carbonyl (C=O) groups excluding carboxylic acids is 1. The zero-order valence-corrected chi connectivity index (χ0v) is 9.19. The van der Waals surface area contributed by atoms with Crippen molar-refractivity contribution in [2.75, 3.05) is 20.2 Å². The van der Waals surface area contributed by atoms with Gasteiger partial charge in [-0.1, -0.05) is 0 Å². The molecule has 88 valence electrons. The minimum Gasteiger partial charge on any atom is -0.504 e. The van der Waals surface area contributed by atoms with E-state index in [0.29, 0.717) is 24.4 Å². The Balaban J connectivity index is 2.66. The maximum Gasteiger partial charge on any atom is 0.251 e. The van der Waals surface area contributed by atoms with Crippen molar-refractivity contribution in [1.29, 1.82) is 0 Å². The molecule has 0 bridgehead atoms. The fourth-order valence-corrected chi connectivity index (χ4v) is 1.24. The third-order valence-electron chi connectivity index (χ3n) is 2.11. The number of ether oxygens (including phenoxy) is 1. The molecule has 5 nitrogen and oxygen atoms in total. The minimum atomic E-state index is -0.230. The van der Waals surface area contributed by atoms with Crippen LogP contribution in [0, 0.1) is 0 Å². The fourth-order valence-electron chi connectivity index (χ4n) is 1.24. The molecule has 4 N–H and O–H groups in total. The summed E-state index contributed by atoms with van der Waals surface area (Å²) in [6.45, 7) is 1.07. The molecule has 0 heterocycles. The van der Waals surface area contributed by atoms with Crippen LogP contribution < -0.4 is 15.8 Å². The monoisotopic (exact) mass is 224 g/mol. The number of rotatable bonds is 5. The van der Waals surface area contributed by atoms with Crippen LogP contribution in [0.3, 0.4) is 0 Å². The number of hydrogen-bond donors (Lipinski definition) is 3. The third kappa shape index (κ3) is 3.13. The van der Waals surface area contributed by atoms with E-state index in [1.54, 1.807) is 12.1 Å². The zero-order valence-electron chi connectivity index (χ0n) is 9.19. The number of hydrogen-bond acceptors (Lipinski definition) is 4. The molecule has 1 amide bonds. The summed E-state index contributed by atoms with van der Waals surface area (Å²) in [6, 6.07) is 4.51. The van der Waals surface area contributed by atoms with Crippen molar-refractivity contribution in [3.05, 3.63) is 23.8 Å². The molecule has 0 saturated heterocycles. The third-order valence-corrected chi connectivity index (χ3v) is 2.11. The van der Waals surface area contributed by atoms with Crippen LogP contribution in [0.4, 0.5) is 0 Å². The average Bonchev–Trinajstić information content (AvgIpc) is 2.29. The maximum absolute atomic E-state index is 11.6. The molecule has 1 aromatic carbocycles. The van der Waals surface area contributed by atoms with Gasteiger partial charge >= 0.3 is 0 Å². The number of nitrogens with one attached hydrogen (secondary N) is 1. The van der Waals surface area contributed by atoms with Crippen molar-refractivity contribution in [3.8, 4) is 11.5 Å². The maximum atomic E-state index is 11.6. The molecule has 1 rings (SSSR count). The molecule has 0 aliphatic carbocycles. The highest BCUT2D eigenvalue weighted by Gasteiger charge is 2.08. The zero-order chi connectivity index (χ0) is 12.0. The predicted octanol–water partition coefficient (Wildman–Crippen LogP) is 0.479. The van der Waals surface area contributed by atoms with Gasteiger partial charge in [0.15, 0.2) is 11.5 Å². The molecule has 1 aromatic rings. The van der Waals surface area contributed by atoms with Crippen LogP contribution in [-0.2, 0) is 0 Å². The second-order valence-corrected chi connectivity index (χ2v) is 3.28. The lowest BCUT2D eigenvalue weighted by molar-refractivity contribution is 0.0953. The van der Waals surface area contributed by atoms with Crippen LogP contribution in [0.1, 0.15) is 16.8 Å². The van der Waals surface area contributed by atoms with E-state index in [9.17, 15) is 9.90 Å². The van der Waals surface area contributed by atoms with Crippen LogP contribution in [0.15, 0.2) is 18.2 Å². The number of amides is 1. The van der Waals surface area contributed by atoms with Gasteiger partial charge in [-0.2, -0.15) is 0 Å². The minimum absolute atomic E-state index is 0.0472. The van der Waals surface area contributed by atoms with E-state index in [1.165, 1.54) is 13.2 Å². The SMILES string of the molecule is COc1ccc(C(=O)NCCCN)cc1O. The Morgan fingerprint density at radius 3 is 2.88 bits per heavy atom. The van der Waals surface area contributed by atoms with Crippen molar-refractivity contribution >= 4 is 5.91 Å². The second-order valence-electron chi connectivity index (χ2n) is 3.28. The van der Waals surface area contributed by atoms with E-state index in [1.807, 2.05) is 0 Å². The van der Waals surface area contributed by atoms with Gasteiger partial charge in [-0.05, 0) is 31.2 Å². The van der Waals surface area contributed by atoms with E-state index in [-0.39, 0.29) is 11.7 Å². The van der Waals surface area contributed by atoms with Crippen LogP contribution in [-0.4, -0.2) is 31.2 Å². The molecule has 0 spiro atoms. The topological polar surface area (TPSA) is 84.6 Å². The molecular formula is C11H16N2O3. The Morgan fingerprint density at radius 2 is 2.31 bits per heavy atom. The van der Waals surface area contributed by atoms with E-state index < -0.39 is 0 Å². The number of benzene rings is 1. The second kappa shape index (κ2) is 5.97. The van der Waals surface area contributed by atoms with Crippen molar-refractivity contribution in [2.24, 2.45) is 5.73 Å². The molecule has 0 aliphatic rings. The highest BCUT2D eigenvalue weighted by Crippen LogP contribution is 2.25. The Bertz CT molecular complexity index is 366. The van der Waals surface area contributed by atoms with Crippen molar-refractivity contribution in [3.63, 3.8) is 0 Å². The standard InChI is InChI=1S/C11H16N2O3/c1-16-10-4-3-8(7-9(10)14)11(15)13-6-2-5-12/h3-4,7,14H,2,5-6,12H2,1H3,(H,13,15). The first-order valence-electron chi connectivity index (χ1n) is 5.04. The van der Waals surface area contributed by atoms with Gasteiger partial charge in [0, 0.05) is 12.1 Å². The van der Waals surface area contributed by atoms with Crippen LogP contribution in [0.25, 0.3) is 0 Å². The Morgan fingerprint density at radius 1 is 1.56 bits per heavy atom. The predicted molar refractivity (Wildman–Crippen MR) is 60.7 cm³/mol. The van der Waals surface area contributed by atoms with Gasteiger partial charge in [-0.25, -0.2) is 0 Å². The first-order valence-corrected chi connectivity index (χ1v) is 5.04. The molecule has 16 heavy (non-hydrogen) atoms. The van der Waals surface area contributed by atoms with Crippen molar-refractivity contribution < 1.29 is 14.6 Å². The highest BCUT2D eigenvalue weighted by molar-refractivity contribution is 5.94. The number of phenolic OH excluding ortho intramolecular Hbond substituents is 1. The Kier molecular flexibility index (Phi) is 4.60. The van der Waals surface area contributed by atoms with Gasteiger partial charge in [0.25, 0.3) is 5.91 Å². The summed E-state index contributed by atoms with van der Waals surface area (Å²) in [5.74, 6) is 0.0684. The van der Waals surface area contributed by atoms with Gasteiger partial charge in [0.2, 0.25) is 0 Å². The fraction of sp³-hybridized carbons (Fsp3) is 0.364. The molecule has 0 unspecified atom stereocenters. The lowest BCUT2D eigenvalue weighted by Gasteiger charge is -2.07. The molecule has 0 aliphatic heterocycles. The van der Waals surface area contributed by atoms with E-state index >= 15 is 0 Å². The summed E-state index contributed by atoms with van der Waals surface area (Å²) in [5, 5.41) is 12.2. The Hall–Kier alpha value is -1.75. The van der Waals surface area contributed by atoms with Gasteiger partial charge in [-0.15, -0.1) is 0 Å². The van der Waals surface area contributed by atoms with E-state index in [0.717, 1.165) is 6.42 Å². The summed E-state index contributed by atoms with van der Waals surface area (Å²) in [7, 11) is 1.45. The normalized spacial score (nSPS) is 9.88. The molecule has 0 atom stereocenters. The molecule has 0 fully saturated rings. The van der Waals surface area contributed by atoms with Crippen LogP contribution >= 0.6 is 0 Å². The van der Waals surface area contributed by atoms with Gasteiger partial charge in [0.05, 0.1) is 7.11 Å². The lowest BCUT2D eigenvalue weighted by Crippen LogP contribution is -2.25. The van der Waals surface area contributed by atoms with Gasteiger partial charge in [-0.3, -0.25) is 4.79 Å². The number of nitrogens with two attached hydrogens (primary N) is 1. The van der Waals surface area contributed by atoms with E-state index in [2.05, 4.69) is 5.32 Å². The van der Waals surface area contributed by atoms with E-state index in [4.69, 9.17) is 10.5 Å². The quantitative estimate of drug-likeness (QED) is 0.635. The number of aromatic hydroxyl groups is 1. The summed E-state index contributed by atoms with van der Waals surface area (Å²) < 4.78 is 4.88. The van der Waals surface area contributed by atoms with Crippen molar-refractivity contribution in [1.82, 2.24) is 5.32 Å². The summed E-state index contributed by atoms with van der Waals surface area (Å²) in [5.41, 5.74) is 5.71. The molecule has 0 aromatic heterocycles. The summed E-state index contributed by atoms with van der Waals surface area (Å²) in [4.78, 5) is 11.6. The number of carbonyl (C=O) groups is 1. The first-order chi connectivity index (χ1) is 7.69. The number of phenols is 1.